The second kappa shape index (κ2) is 24.8. The molecule has 16 heteroatoms. The lowest BCUT2D eigenvalue weighted by Gasteiger charge is -2.50. The molecule has 69 heavy (non-hydrogen) atoms. The molecule has 5 aromatic carbocycles. The standard InChI is InChI=1S/C53H53NO15/c1-4-30-60-53-44(54-35(3)55)46(45-42(67-53)32-63-51(68-45)40-28-18-9-19-29-40)69-52(43(65-50(59)39-26-16-8-17-27-39)33-62-48(57)37-22-12-6-13-23-37)66-41(31-61-47(56)36-20-10-5-11-21-36)34(2)64-49(58)38-24-14-7-15-25-38/h4-29,34,41-46,51-53H,1,30-33H2,2-3H3,(H,54,55)/t34-,41?,42?,43+,44?,45?,46?,51?,52?,53?/m1/s1. The minimum atomic E-state index is -1.80. The first kappa shape index (κ1) is 49.8. The summed E-state index contributed by atoms with van der Waals surface area (Å²) in [6, 6.07) is 40.6. The molecule has 0 spiro atoms. The van der Waals surface area contributed by atoms with Gasteiger partial charge in [0.25, 0.3) is 0 Å². The van der Waals surface area contributed by atoms with E-state index >= 15 is 0 Å². The SMILES string of the molecule is C=CCOC1OC2COC(c3ccccc3)OC2C(OC(OC(COC(=O)c2ccccc2)[C@@H](C)OC(=O)c2ccccc2)[C@H](COC(=O)c2ccccc2)OC(=O)c2ccccc2)C1NC(C)=O. The summed E-state index contributed by atoms with van der Waals surface area (Å²) in [5.41, 5.74) is 1.44. The van der Waals surface area contributed by atoms with Crippen LogP contribution in [-0.2, 0) is 52.2 Å². The molecule has 0 bridgehead atoms. The van der Waals surface area contributed by atoms with E-state index in [1.165, 1.54) is 32.1 Å². The van der Waals surface area contributed by atoms with Crippen LogP contribution in [0.4, 0.5) is 0 Å². The first-order valence-corrected chi connectivity index (χ1v) is 22.3. The van der Waals surface area contributed by atoms with E-state index in [0.717, 1.165) is 0 Å². The Labute approximate surface area is 399 Å². The monoisotopic (exact) mass is 943 g/mol. The van der Waals surface area contributed by atoms with Crippen LogP contribution in [0.2, 0.25) is 0 Å². The normalized spacial score (nSPS) is 21.4. The van der Waals surface area contributed by atoms with E-state index in [4.69, 9.17) is 47.4 Å². The third-order valence-corrected chi connectivity index (χ3v) is 10.9. The van der Waals surface area contributed by atoms with Crippen molar-refractivity contribution in [1.29, 1.82) is 0 Å². The van der Waals surface area contributed by atoms with Crippen molar-refractivity contribution in [3.8, 4) is 0 Å². The van der Waals surface area contributed by atoms with Gasteiger partial charge in [0, 0.05) is 12.5 Å². The second-order valence-electron chi connectivity index (χ2n) is 15.9. The summed E-state index contributed by atoms with van der Waals surface area (Å²) in [6.45, 7) is 5.34. The largest absolute Gasteiger partial charge is 0.459 e. The minimum absolute atomic E-state index is 0.00888. The molecule has 0 aliphatic carbocycles. The van der Waals surface area contributed by atoms with E-state index < -0.39 is 105 Å². The first-order valence-electron chi connectivity index (χ1n) is 22.3. The zero-order valence-electron chi connectivity index (χ0n) is 37.9. The topological polar surface area (TPSA) is 190 Å². The number of carbonyl (C=O) groups is 5. The van der Waals surface area contributed by atoms with Crippen LogP contribution in [0.1, 0.15) is 67.1 Å². The van der Waals surface area contributed by atoms with E-state index in [2.05, 4.69) is 11.9 Å². The highest BCUT2D eigenvalue weighted by Crippen LogP contribution is 2.37. The van der Waals surface area contributed by atoms with Gasteiger partial charge in [0.05, 0.1) is 35.5 Å². The molecular formula is C53H53NO15. The number of ether oxygens (including phenoxy) is 10. The van der Waals surface area contributed by atoms with Crippen molar-refractivity contribution in [3.63, 3.8) is 0 Å². The van der Waals surface area contributed by atoms with Crippen LogP contribution < -0.4 is 5.32 Å². The van der Waals surface area contributed by atoms with E-state index in [1.807, 2.05) is 30.3 Å². The Balaban J connectivity index is 1.32. The summed E-state index contributed by atoms with van der Waals surface area (Å²) in [5, 5.41) is 2.88. The fourth-order valence-electron chi connectivity index (χ4n) is 7.49. The Kier molecular flexibility index (Phi) is 17.9. The van der Waals surface area contributed by atoms with Gasteiger partial charge in [0.1, 0.15) is 49.8 Å². The molecule has 8 unspecified atom stereocenters. The Morgan fingerprint density at radius 2 is 1.13 bits per heavy atom. The number of amides is 1. The summed E-state index contributed by atoms with van der Waals surface area (Å²) >= 11 is 0. The molecule has 2 aliphatic heterocycles. The molecule has 10 atom stereocenters. The van der Waals surface area contributed by atoms with E-state index in [9.17, 15) is 24.0 Å². The summed E-state index contributed by atoms with van der Waals surface area (Å²) in [5.74, 6) is -3.58. The van der Waals surface area contributed by atoms with Crippen molar-refractivity contribution in [2.24, 2.45) is 0 Å². The fourth-order valence-corrected chi connectivity index (χ4v) is 7.49. The van der Waals surface area contributed by atoms with Gasteiger partial charge in [0.15, 0.2) is 25.0 Å². The van der Waals surface area contributed by atoms with Gasteiger partial charge in [-0.25, -0.2) is 19.2 Å². The average molecular weight is 944 g/mol. The van der Waals surface area contributed by atoms with Crippen molar-refractivity contribution in [2.75, 3.05) is 26.4 Å². The fraction of sp³-hybridized carbons (Fsp3) is 0.302. The Morgan fingerprint density at radius 3 is 1.64 bits per heavy atom. The third kappa shape index (κ3) is 13.8. The average Bonchev–Trinajstić information content (AvgIpc) is 3.39. The van der Waals surface area contributed by atoms with Crippen LogP contribution in [0.25, 0.3) is 0 Å². The molecule has 1 amide bonds. The van der Waals surface area contributed by atoms with Crippen LogP contribution in [0, 0.1) is 0 Å². The quantitative estimate of drug-likeness (QED) is 0.0349. The van der Waals surface area contributed by atoms with Crippen molar-refractivity contribution in [2.45, 2.75) is 75.4 Å². The van der Waals surface area contributed by atoms with Crippen LogP contribution >= 0.6 is 0 Å². The van der Waals surface area contributed by atoms with Gasteiger partial charge in [0.2, 0.25) is 5.91 Å². The maximum atomic E-state index is 14.1. The molecule has 0 aromatic heterocycles. The number of hydrogen-bond acceptors (Lipinski definition) is 15. The van der Waals surface area contributed by atoms with Gasteiger partial charge >= 0.3 is 23.9 Å². The third-order valence-electron chi connectivity index (χ3n) is 10.9. The predicted molar refractivity (Wildman–Crippen MR) is 246 cm³/mol. The maximum absolute atomic E-state index is 14.1. The smallest absolute Gasteiger partial charge is 0.338 e. The molecule has 0 saturated carbocycles. The molecule has 2 saturated heterocycles. The van der Waals surface area contributed by atoms with E-state index in [1.54, 1.807) is 109 Å². The number of nitrogens with one attached hydrogen (secondary N) is 1. The lowest BCUT2D eigenvalue weighted by molar-refractivity contribution is -0.367. The number of carbonyl (C=O) groups excluding carboxylic acids is 5. The Hall–Kier alpha value is -7.05. The number of fused-ring (bicyclic) bond motifs is 1. The zero-order chi connectivity index (χ0) is 48.5. The molecule has 2 heterocycles. The number of esters is 4. The van der Waals surface area contributed by atoms with Crippen molar-refractivity contribution >= 4 is 29.8 Å². The first-order chi connectivity index (χ1) is 33.6. The lowest BCUT2D eigenvalue weighted by Crippen LogP contribution is -2.68. The Morgan fingerprint density at radius 1 is 0.652 bits per heavy atom. The van der Waals surface area contributed by atoms with E-state index in [0.29, 0.717) is 5.56 Å². The van der Waals surface area contributed by atoms with Crippen molar-refractivity contribution < 1.29 is 71.3 Å². The summed E-state index contributed by atoms with van der Waals surface area (Å²) in [7, 11) is 0. The van der Waals surface area contributed by atoms with Crippen LogP contribution in [-0.4, -0.2) is 111 Å². The molecule has 1 N–H and O–H groups in total. The van der Waals surface area contributed by atoms with Crippen molar-refractivity contribution in [1.82, 2.24) is 5.32 Å². The highest BCUT2D eigenvalue weighted by molar-refractivity contribution is 5.91. The molecule has 2 aliphatic rings. The number of benzene rings is 5. The molecule has 7 rings (SSSR count). The maximum Gasteiger partial charge on any atom is 0.338 e. The zero-order valence-corrected chi connectivity index (χ0v) is 37.9. The van der Waals surface area contributed by atoms with E-state index in [-0.39, 0.29) is 35.5 Å². The van der Waals surface area contributed by atoms with Crippen LogP contribution in [0.3, 0.4) is 0 Å². The number of rotatable bonds is 21. The van der Waals surface area contributed by atoms with Crippen LogP contribution in [0.5, 0.6) is 0 Å². The summed E-state index contributed by atoms with van der Waals surface area (Å²) in [6.07, 6.45) is -9.90. The molecule has 360 valence electrons. The van der Waals surface area contributed by atoms with Gasteiger partial charge in [-0.15, -0.1) is 6.58 Å². The predicted octanol–water partition coefficient (Wildman–Crippen LogP) is 6.81. The van der Waals surface area contributed by atoms with Gasteiger partial charge in [-0.05, 0) is 55.5 Å². The molecule has 5 aromatic rings. The molecular weight excluding hydrogens is 891 g/mol. The molecule has 16 nitrogen and oxygen atoms in total. The summed E-state index contributed by atoms with van der Waals surface area (Å²) in [4.78, 5) is 67.9. The van der Waals surface area contributed by atoms with Crippen LogP contribution in [0.15, 0.2) is 164 Å². The van der Waals surface area contributed by atoms with Crippen molar-refractivity contribution in [3.05, 3.63) is 192 Å². The van der Waals surface area contributed by atoms with Gasteiger partial charge in [-0.2, -0.15) is 0 Å². The Bertz CT molecular complexity index is 2440. The van der Waals surface area contributed by atoms with Gasteiger partial charge in [-0.3, -0.25) is 4.79 Å². The summed E-state index contributed by atoms with van der Waals surface area (Å²) < 4.78 is 62.8. The lowest BCUT2D eigenvalue weighted by atomic mass is 9.95. The molecule has 2 fully saturated rings. The number of hydrogen-bond donors (Lipinski definition) is 1. The second-order valence-corrected chi connectivity index (χ2v) is 15.9. The highest BCUT2D eigenvalue weighted by atomic mass is 16.8. The molecule has 0 radical (unpaired) electrons. The minimum Gasteiger partial charge on any atom is -0.459 e. The highest BCUT2D eigenvalue weighted by Gasteiger charge is 2.53. The van der Waals surface area contributed by atoms with Gasteiger partial charge in [-0.1, -0.05) is 109 Å². The van der Waals surface area contributed by atoms with Gasteiger partial charge < -0.3 is 52.7 Å².